The van der Waals surface area contributed by atoms with Gasteiger partial charge in [-0.3, -0.25) is 10.1 Å². The Labute approximate surface area is 102 Å². The van der Waals surface area contributed by atoms with Crippen LogP contribution < -0.4 is 0 Å². The van der Waals surface area contributed by atoms with E-state index in [0.717, 1.165) is 0 Å². The van der Waals surface area contributed by atoms with Crippen molar-refractivity contribution in [3.8, 4) is 11.1 Å². The normalized spacial score (nSPS) is 10.0. The summed E-state index contributed by atoms with van der Waals surface area (Å²) < 4.78 is 0. The molecule has 2 aromatic rings. The van der Waals surface area contributed by atoms with Crippen LogP contribution in [0, 0.1) is 10.1 Å². The lowest BCUT2D eigenvalue weighted by molar-refractivity contribution is -0.384. The van der Waals surface area contributed by atoms with E-state index in [1.165, 1.54) is 18.2 Å². The number of carbonyl (C=O) groups is 1. The van der Waals surface area contributed by atoms with Gasteiger partial charge in [0, 0.05) is 6.07 Å². The number of nitro benzene ring substituents is 1. The summed E-state index contributed by atoms with van der Waals surface area (Å²) in [5.74, 6) is -1.18. The number of hydrogen-bond acceptors (Lipinski definition) is 3. The van der Waals surface area contributed by atoms with Crippen LogP contribution in [0.4, 0.5) is 5.69 Å². The first-order valence-corrected chi connectivity index (χ1v) is 5.17. The van der Waals surface area contributed by atoms with E-state index in [9.17, 15) is 14.9 Å². The minimum absolute atomic E-state index is 0.0737. The van der Waals surface area contributed by atoms with E-state index in [1.807, 2.05) is 0 Å². The summed E-state index contributed by atoms with van der Waals surface area (Å²) in [6.45, 7) is 0. The zero-order valence-electron chi connectivity index (χ0n) is 9.24. The zero-order chi connectivity index (χ0) is 13.1. The SMILES string of the molecule is O=C(O)c1cccc([N+](=O)[O-])c1-c1ccccc1. The molecule has 0 bridgehead atoms. The summed E-state index contributed by atoms with van der Waals surface area (Å²) in [6.07, 6.45) is 0. The Hall–Kier alpha value is -2.69. The summed E-state index contributed by atoms with van der Waals surface area (Å²) in [4.78, 5) is 21.6. The molecule has 5 heteroatoms. The van der Waals surface area contributed by atoms with Crippen LogP contribution in [0.25, 0.3) is 11.1 Å². The number of carboxylic acids is 1. The molecule has 0 atom stereocenters. The number of aromatic carboxylic acids is 1. The maximum Gasteiger partial charge on any atom is 0.336 e. The molecule has 0 heterocycles. The summed E-state index contributed by atoms with van der Waals surface area (Å²) in [7, 11) is 0. The van der Waals surface area contributed by atoms with Crippen molar-refractivity contribution in [2.75, 3.05) is 0 Å². The lowest BCUT2D eigenvalue weighted by Gasteiger charge is -2.06. The van der Waals surface area contributed by atoms with E-state index in [4.69, 9.17) is 5.11 Å². The fourth-order valence-corrected chi connectivity index (χ4v) is 1.78. The minimum Gasteiger partial charge on any atom is -0.478 e. The Kier molecular flexibility index (Phi) is 3.05. The predicted octanol–water partition coefficient (Wildman–Crippen LogP) is 2.96. The summed E-state index contributed by atoms with van der Waals surface area (Å²) in [5.41, 5.74) is 0.370. The number of nitro groups is 1. The van der Waals surface area contributed by atoms with E-state index < -0.39 is 10.9 Å². The third-order valence-electron chi connectivity index (χ3n) is 2.53. The summed E-state index contributed by atoms with van der Waals surface area (Å²) in [5, 5.41) is 20.1. The van der Waals surface area contributed by atoms with Crippen molar-refractivity contribution in [1.29, 1.82) is 0 Å². The first-order chi connectivity index (χ1) is 8.61. The van der Waals surface area contributed by atoms with Gasteiger partial charge >= 0.3 is 5.97 Å². The Morgan fingerprint density at radius 1 is 1.06 bits per heavy atom. The van der Waals surface area contributed by atoms with E-state index in [0.29, 0.717) is 5.56 Å². The second kappa shape index (κ2) is 4.67. The molecule has 0 aliphatic carbocycles. The third kappa shape index (κ3) is 2.06. The Morgan fingerprint density at radius 3 is 2.28 bits per heavy atom. The van der Waals surface area contributed by atoms with Crippen molar-refractivity contribution >= 4 is 11.7 Å². The summed E-state index contributed by atoms with van der Waals surface area (Å²) in [6, 6.07) is 12.5. The lowest BCUT2D eigenvalue weighted by Crippen LogP contribution is -2.02. The van der Waals surface area contributed by atoms with Crippen LogP contribution in [0.15, 0.2) is 48.5 Å². The molecule has 0 amide bonds. The maximum absolute atomic E-state index is 11.1. The van der Waals surface area contributed by atoms with E-state index in [1.54, 1.807) is 30.3 Å². The van der Waals surface area contributed by atoms with Crippen molar-refractivity contribution in [3.63, 3.8) is 0 Å². The number of rotatable bonds is 3. The van der Waals surface area contributed by atoms with Crippen LogP contribution in [-0.4, -0.2) is 16.0 Å². The Bertz CT molecular complexity index is 575. The van der Waals surface area contributed by atoms with Gasteiger partial charge in [0.15, 0.2) is 0 Å². The molecule has 0 saturated heterocycles. The molecule has 2 aromatic carbocycles. The monoisotopic (exact) mass is 243 g/mol. The Morgan fingerprint density at radius 2 is 1.72 bits per heavy atom. The molecule has 0 spiro atoms. The fraction of sp³-hybridized carbons (Fsp3) is 0. The van der Waals surface area contributed by atoms with Gasteiger partial charge in [0.05, 0.1) is 16.1 Å². The molecule has 0 saturated carbocycles. The average Bonchev–Trinajstić information content (AvgIpc) is 2.38. The molecule has 0 aromatic heterocycles. The first-order valence-electron chi connectivity index (χ1n) is 5.17. The second-order valence-electron chi connectivity index (χ2n) is 3.63. The van der Waals surface area contributed by atoms with Crippen molar-refractivity contribution in [3.05, 3.63) is 64.2 Å². The van der Waals surface area contributed by atoms with Crippen LogP contribution in [0.5, 0.6) is 0 Å². The van der Waals surface area contributed by atoms with Gasteiger partial charge < -0.3 is 5.11 Å². The number of carboxylic acid groups (broad SMARTS) is 1. The minimum atomic E-state index is -1.18. The van der Waals surface area contributed by atoms with Crippen molar-refractivity contribution < 1.29 is 14.8 Å². The quantitative estimate of drug-likeness (QED) is 0.663. The van der Waals surface area contributed by atoms with E-state index in [2.05, 4.69) is 0 Å². The zero-order valence-corrected chi connectivity index (χ0v) is 9.24. The molecule has 90 valence electrons. The topological polar surface area (TPSA) is 80.4 Å². The van der Waals surface area contributed by atoms with Crippen molar-refractivity contribution in [2.45, 2.75) is 0 Å². The predicted molar refractivity (Wildman–Crippen MR) is 65.5 cm³/mol. The molecule has 0 radical (unpaired) electrons. The first kappa shape index (κ1) is 11.8. The molecule has 2 rings (SSSR count). The number of hydrogen-bond donors (Lipinski definition) is 1. The molecule has 5 nitrogen and oxygen atoms in total. The molecule has 0 fully saturated rings. The molecule has 1 N–H and O–H groups in total. The molecule has 0 aliphatic rings. The van der Waals surface area contributed by atoms with Gasteiger partial charge in [0.25, 0.3) is 5.69 Å². The van der Waals surface area contributed by atoms with Crippen LogP contribution in [0.3, 0.4) is 0 Å². The van der Waals surface area contributed by atoms with Crippen LogP contribution >= 0.6 is 0 Å². The van der Waals surface area contributed by atoms with Crippen LogP contribution in [0.2, 0.25) is 0 Å². The maximum atomic E-state index is 11.1. The standard InChI is InChI=1S/C13H9NO4/c15-13(16)10-7-4-8-11(14(17)18)12(10)9-5-2-1-3-6-9/h1-8H,(H,15,16). The fourth-order valence-electron chi connectivity index (χ4n) is 1.78. The van der Waals surface area contributed by atoms with Crippen molar-refractivity contribution in [1.82, 2.24) is 0 Å². The van der Waals surface area contributed by atoms with Gasteiger partial charge in [-0.05, 0) is 11.6 Å². The smallest absolute Gasteiger partial charge is 0.336 e. The average molecular weight is 243 g/mol. The molecule has 18 heavy (non-hydrogen) atoms. The molecule has 0 unspecified atom stereocenters. The van der Waals surface area contributed by atoms with Crippen LogP contribution in [0.1, 0.15) is 10.4 Å². The molecular weight excluding hydrogens is 234 g/mol. The van der Waals surface area contributed by atoms with Gasteiger partial charge in [-0.25, -0.2) is 4.79 Å². The highest BCUT2D eigenvalue weighted by atomic mass is 16.6. The summed E-state index contributed by atoms with van der Waals surface area (Å²) >= 11 is 0. The molecular formula is C13H9NO4. The van der Waals surface area contributed by atoms with Gasteiger partial charge in [-0.1, -0.05) is 36.4 Å². The van der Waals surface area contributed by atoms with Gasteiger partial charge in [0.1, 0.15) is 0 Å². The van der Waals surface area contributed by atoms with Crippen LogP contribution in [-0.2, 0) is 0 Å². The number of benzene rings is 2. The van der Waals surface area contributed by atoms with Gasteiger partial charge in [0.2, 0.25) is 0 Å². The van der Waals surface area contributed by atoms with Gasteiger partial charge in [-0.15, -0.1) is 0 Å². The van der Waals surface area contributed by atoms with Crippen molar-refractivity contribution in [2.24, 2.45) is 0 Å². The highest BCUT2D eigenvalue weighted by Crippen LogP contribution is 2.32. The van der Waals surface area contributed by atoms with E-state index >= 15 is 0 Å². The molecule has 0 aliphatic heterocycles. The third-order valence-corrected chi connectivity index (χ3v) is 2.53. The van der Waals surface area contributed by atoms with Gasteiger partial charge in [-0.2, -0.15) is 0 Å². The number of nitrogens with zero attached hydrogens (tertiary/aromatic N) is 1. The second-order valence-corrected chi connectivity index (χ2v) is 3.63. The highest BCUT2D eigenvalue weighted by molar-refractivity contribution is 5.98. The largest absolute Gasteiger partial charge is 0.478 e. The lowest BCUT2D eigenvalue weighted by atomic mass is 9.98. The van der Waals surface area contributed by atoms with E-state index in [-0.39, 0.29) is 16.8 Å². The Balaban J connectivity index is 2.77. The highest BCUT2D eigenvalue weighted by Gasteiger charge is 2.22.